The maximum atomic E-state index is 10.6. The van der Waals surface area contributed by atoms with Crippen LogP contribution in [0.5, 0.6) is 0 Å². The SMILES string of the molecule is Cn1ccc(-c2ccc([N+](=O)[O-])cc2CO)n1. The van der Waals surface area contributed by atoms with Gasteiger partial charge in [-0.1, -0.05) is 0 Å². The second-order valence-corrected chi connectivity index (χ2v) is 3.63. The molecule has 0 radical (unpaired) electrons. The summed E-state index contributed by atoms with van der Waals surface area (Å²) in [5.41, 5.74) is 1.86. The van der Waals surface area contributed by atoms with Gasteiger partial charge in [-0.25, -0.2) is 0 Å². The molecule has 6 heteroatoms. The summed E-state index contributed by atoms with van der Waals surface area (Å²) in [6.45, 7) is -0.256. The highest BCUT2D eigenvalue weighted by Gasteiger charge is 2.12. The van der Waals surface area contributed by atoms with Gasteiger partial charge in [-0.3, -0.25) is 14.8 Å². The second-order valence-electron chi connectivity index (χ2n) is 3.63. The Morgan fingerprint density at radius 2 is 2.24 bits per heavy atom. The van der Waals surface area contributed by atoms with Gasteiger partial charge in [-0.15, -0.1) is 0 Å². The molecule has 0 fully saturated rings. The third kappa shape index (κ3) is 2.16. The lowest BCUT2D eigenvalue weighted by Crippen LogP contribution is -1.95. The van der Waals surface area contributed by atoms with Gasteiger partial charge >= 0.3 is 0 Å². The Kier molecular flexibility index (Phi) is 2.88. The van der Waals surface area contributed by atoms with Gasteiger partial charge in [0.15, 0.2) is 0 Å². The first kappa shape index (κ1) is 11.3. The molecule has 0 aliphatic rings. The highest BCUT2D eigenvalue weighted by Crippen LogP contribution is 2.26. The minimum absolute atomic E-state index is 0.0336. The second kappa shape index (κ2) is 4.34. The summed E-state index contributed by atoms with van der Waals surface area (Å²) in [6, 6.07) is 6.17. The number of non-ortho nitro benzene ring substituents is 1. The summed E-state index contributed by atoms with van der Waals surface area (Å²) < 4.78 is 1.64. The molecule has 0 saturated heterocycles. The monoisotopic (exact) mass is 233 g/mol. The van der Waals surface area contributed by atoms with E-state index in [2.05, 4.69) is 5.10 Å². The summed E-state index contributed by atoms with van der Waals surface area (Å²) in [7, 11) is 1.79. The largest absolute Gasteiger partial charge is 0.392 e. The van der Waals surface area contributed by atoms with E-state index in [4.69, 9.17) is 0 Å². The fourth-order valence-electron chi connectivity index (χ4n) is 1.63. The molecule has 0 atom stereocenters. The molecule has 0 amide bonds. The lowest BCUT2D eigenvalue weighted by molar-refractivity contribution is -0.384. The predicted molar refractivity (Wildman–Crippen MR) is 61.2 cm³/mol. The molecule has 1 N–H and O–H groups in total. The third-order valence-corrected chi connectivity index (χ3v) is 2.46. The van der Waals surface area contributed by atoms with E-state index in [9.17, 15) is 15.2 Å². The van der Waals surface area contributed by atoms with Crippen molar-refractivity contribution in [3.8, 4) is 11.3 Å². The van der Waals surface area contributed by atoms with E-state index in [-0.39, 0.29) is 12.3 Å². The zero-order valence-corrected chi connectivity index (χ0v) is 9.20. The number of aliphatic hydroxyl groups is 1. The molecule has 1 heterocycles. The average Bonchev–Trinajstić information content (AvgIpc) is 2.74. The van der Waals surface area contributed by atoms with Gasteiger partial charge in [0.05, 0.1) is 17.2 Å². The summed E-state index contributed by atoms with van der Waals surface area (Å²) in [5, 5.41) is 24.1. The van der Waals surface area contributed by atoms with Gasteiger partial charge < -0.3 is 5.11 Å². The Balaban J connectivity index is 2.51. The van der Waals surface area contributed by atoms with E-state index >= 15 is 0 Å². The van der Waals surface area contributed by atoms with Crippen LogP contribution >= 0.6 is 0 Å². The molecule has 0 spiro atoms. The van der Waals surface area contributed by atoms with Crippen LogP contribution in [-0.2, 0) is 13.7 Å². The first-order valence-electron chi connectivity index (χ1n) is 5.00. The number of benzene rings is 1. The zero-order chi connectivity index (χ0) is 12.4. The molecule has 1 aromatic heterocycles. The van der Waals surface area contributed by atoms with Crippen molar-refractivity contribution < 1.29 is 10.0 Å². The number of aliphatic hydroxyl groups excluding tert-OH is 1. The molecule has 0 saturated carbocycles. The molecule has 0 aliphatic carbocycles. The van der Waals surface area contributed by atoms with Crippen LogP contribution in [0.4, 0.5) is 5.69 Å². The van der Waals surface area contributed by atoms with Crippen molar-refractivity contribution >= 4 is 5.69 Å². The number of rotatable bonds is 3. The lowest BCUT2D eigenvalue weighted by atomic mass is 10.0. The van der Waals surface area contributed by atoms with Gasteiger partial charge in [0, 0.05) is 30.9 Å². The summed E-state index contributed by atoms with van der Waals surface area (Å²) in [4.78, 5) is 10.1. The van der Waals surface area contributed by atoms with Crippen LogP contribution in [0.2, 0.25) is 0 Å². The third-order valence-electron chi connectivity index (χ3n) is 2.46. The van der Waals surface area contributed by atoms with Crippen molar-refractivity contribution in [2.45, 2.75) is 6.61 Å². The standard InChI is InChI=1S/C11H11N3O3/c1-13-5-4-11(12-13)10-3-2-9(14(16)17)6-8(10)7-15/h2-6,15H,7H2,1H3. The first-order chi connectivity index (χ1) is 8.11. The Bertz CT molecular complexity index is 563. The molecule has 6 nitrogen and oxygen atoms in total. The van der Waals surface area contributed by atoms with Crippen molar-refractivity contribution in [3.05, 3.63) is 46.1 Å². The van der Waals surface area contributed by atoms with Crippen LogP contribution in [0, 0.1) is 10.1 Å². The number of nitrogens with zero attached hydrogens (tertiary/aromatic N) is 3. The molecule has 2 aromatic rings. The highest BCUT2D eigenvalue weighted by molar-refractivity contribution is 5.65. The predicted octanol–water partition coefficient (Wildman–Crippen LogP) is 1.49. The highest BCUT2D eigenvalue weighted by atomic mass is 16.6. The number of nitro groups is 1. The van der Waals surface area contributed by atoms with Gasteiger partial charge in [0.2, 0.25) is 0 Å². The maximum Gasteiger partial charge on any atom is 0.269 e. The van der Waals surface area contributed by atoms with Crippen molar-refractivity contribution in [3.63, 3.8) is 0 Å². The Morgan fingerprint density at radius 1 is 1.47 bits per heavy atom. The molecule has 1 aromatic carbocycles. The normalized spacial score (nSPS) is 10.5. The smallest absolute Gasteiger partial charge is 0.269 e. The van der Waals surface area contributed by atoms with Crippen LogP contribution in [0.1, 0.15) is 5.56 Å². The molecule has 0 aliphatic heterocycles. The van der Waals surface area contributed by atoms with E-state index in [1.165, 1.54) is 12.1 Å². The fourth-order valence-corrected chi connectivity index (χ4v) is 1.63. The Morgan fingerprint density at radius 3 is 2.76 bits per heavy atom. The summed E-state index contributed by atoms with van der Waals surface area (Å²) in [5.74, 6) is 0. The fraction of sp³-hybridized carbons (Fsp3) is 0.182. The van der Waals surface area contributed by atoms with Crippen molar-refractivity contribution in [2.24, 2.45) is 7.05 Å². The first-order valence-corrected chi connectivity index (χ1v) is 5.00. The zero-order valence-electron chi connectivity index (χ0n) is 9.20. The average molecular weight is 233 g/mol. The molecular weight excluding hydrogens is 222 g/mol. The van der Waals surface area contributed by atoms with Crippen molar-refractivity contribution in [1.82, 2.24) is 9.78 Å². The maximum absolute atomic E-state index is 10.6. The van der Waals surface area contributed by atoms with E-state index < -0.39 is 4.92 Å². The molecule has 88 valence electrons. The number of hydrogen-bond donors (Lipinski definition) is 1. The van der Waals surface area contributed by atoms with Gasteiger partial charge in [0.1, 0.15) is 0 Å². The number of hydrogen-bond acceptors (Lipinski definition) is 4. The van der Waals surface area contributed by atoms with Gasteiger partial charge in [-0.05, 0) is 17.7 Å². The quantitative estimate of drug-likeness (QED) is 0.643. The molecule has 0 unspecified atom stereocenters. The molecule has 17 heavy (non-hydrogen) atoms. The van der Waals surface area contributed by atoms with Crippen LogP contribution in [0.15, 0.2) is 30.5 Å². The lowest BCUT2D eigenvalue weighted by Gasteiger charge is -2.04. The summed E-state index contributed by atoms with van der Waals surface area (Å²) in [6.07, 6.45) is 1.78. The van der Waals surface area contributed by atoms with Gasteiger partial charge in [0.25, 0.3) is 5.69 Å². The van der Waals surface area contributed by atoms with E-state index in [0.717, 1.165) is 0 Å². The number of aryl methyl sites for hydroxylation is 1. The Labute approximate surface area is 97.3 Å². The molecule has 2 rings (SSSR count). The minimum atomic E-state index is -0.485. The van der Waals surface area contributed by atoms with E-state index in [1.54, 1.807) is 30.1 Å². The van der Waals surface area contributed by atoms with Crippen LogP contribution < -0.4 is 0 Å². The van der Waals surface area contributed by atoms with Crippen LogP contribution in [0.25, 0.3) is 11.3 Å². The van der Waals surface area contributed by atoms with E-state index in [0.29, 0.717) is 16.8 Å². The van der Waals surface area contributed by atoms with Crippen molar-refractivity contribution in [1.29, 1.82) is 0 Å². The minimum Gasteiger partial charge on any atom is -0.392 e. The molecule has 0 bridgehead atoms. The molecular formula is C11H11N3O3. The van der Waals surface area contributed by atoms with Gasteiger partial charge in [-0.2, -0.15) is 5.10 Å². The Hall–Kier alpha value is -2.21. The summed E-state index contributed by atoms with van der Waals surface area (Å²) >= 11 is 0. The van der Waals surface area contributed by atoms with Crippen LogP contribution in [-0.4, -0.2) is 19.8 Å². The van der Waals surface area contributed by atoms with Crippen molar-refractivity contribution in [2.75, 3.05) is 0 Å². The number of aromatic nitrogens is 2. The number of nitro benzene ring substituents is 1. The van der Waals surface area contributed by atoms with E-state index in [1.807, 2.05) is 0 Å². The van der Waals surface area contributed by atoms with Crippen LogP contribution in [0.3, 0.4) is 0 Å². The topological polar surface area (TPSA) is 81.2 Å².